The van der Waals surface area contributed by atoms with Crippen LogP contribution in [0.15, 0.2) is 42.5 Å². The van der Waals surface area contributed by atoms with Gasteiger partial charge < -0.3 is 5.32 Å². The lowest BCUT2D eigenvalue weighted by Crippen LogP contribution is -2.11. The van der Waals surface area contributed by atoms with Gasteiger partial charge in [-0.3, -0.25) is 14.9 Å². The molecule has 5 nitrogen and oxygen atoms in total. The van der Waals surface area contributed by atoms with Crippen LogP contribution in [0, 0.1) is 13.7 Å². The fourth-order valence-electron chi connectivity index (χ4n) is 2.11. The van der Waals surface area contributed by atoms with Crippen LogP contribution in [0.1, 0.15) is 9.67 Å². The van der Waals surface area contributed by atoms with E-state index in [2.05, 4.69) is 27.9 Å². The summed E-state index contributed by atoms with van der Waals surface area (Å²) in [6.45, 7) is 0. The average molecular weight is 459 g/mol. The largest absolute Gasteiger partial charge is 0.320 e. The van der Waals surface area contributed by atoms with Crippen molar-refractivity contribution in [2.45, 2.75) is 0 Å². The Morgan fingerprint density at radius 1 is 1.22 bits per heavy atom. The summed E-state index contributed by atoms with van der Waals surface area (Å²) in [5, 5.41) is 14.6. The Bertz CT molecular complexity index is 942. The predicted molar refractivity (Wildman–Crippen MR) is 101 cm³/mol. The van der Waals surface area contributed by atoms with Crippen LogP contribution in [0.5, 0.6) is 0 Å². The monoisotopic (exact) mass is 458 g/mol. The average Bonchev–Trinajstić information content (AvgIpc) is 2.87. The predicted octanol–water partition coefficient (Wildman–Crippen LogP) is 5.32. The van der Waals surface area contributed by atoms with Gasteiger partial charge in [0.05, 0.1) is 15.6 Å². The van der Waals surface area contributed by atoms with Gasteiger partial charge in [0, 0.05) is 15.0 Å². The Morgan fingerprint density at radius 3 is 2.65 bits per heavy atom. The van der Waals surface area contributed by atoms with Gasteiger partial charge in [-0.1, -0.05) is 35.9 Å². The zero-order chi connectivity index (χ0) is 16.6. The molecule has 0 radical (unpaired) electrons. The van der Waals surface area contributed by atoms with Gasteiger partial charge in [0.1, 0.15) is 9.58 Å². The summed E-state index contributed by atoms with van der Waals surface area (Å²) in [5.74, 6) is -0.380. The van der Waals surface area contributed by atoms with E-state index in [0.29, 0.717) is 15.8 Å². The van der Waals surface area contributed by atoms with E-state index in [0.717, 1.165) is 14.9 Å². The summed E-state index contributed by atoms with van der Waals surface area (Å²) in [4.78, 5) is 23.4. The number of carbonyl (C=O) groups is 1. The fourth-order valence-corrected chi connectivity index (χ4v) is 4.12. The highest BCUT2D eigenvalue weighted by Gasteiger charge is 2.23. The molecule has 0 unspecified atom stereocenters. The van der Waals surface area contributed by atoms with Gasteiger partial charge in [-0.25, -0.2) is 0 Å². The molecule has 3 aromatic rings. The van der Waals surface area contributed by atoms with E-state index >= 15 is 0 Å². The topological polar surface area (TPSA) is 72.2 Å². The first kappa shape index (κ1) is 16.2. The summed E-state index contributed by atoms with van der Waals surface area (Å²) in [6, 6.07) is 12.0. The van der Waals surface area contributed by atoms with Gasteiger partial charge in [-0.15, -0.1) is 11.3 Å². The quantitative estimate of drug-likeness (QED) is 0.328. The van der Waals surface area contributed by atoms with E-state index in [9.17, 15) is 14.9 Å². The van der Waals surface area contributed by atoms with Crippen molar-refractivity contribution in [2.75, 3.05) is 5.32 Å². The first-order valence-corrected chi connectivity index (χ1v) is 8.67. The third-order valence-electron chi connectivity index (χ3n) is 3.16. The number of halogens is 2. The maximum absolute atomic E-state index is 12.5. The van der Waals surface area contributed by atoms with Crippen molar-refractivity contribution in [3.05, 3.63) is 66.0 Å². The van der Waals surface area contributed by atoms with E-state index in [1.165, 1.54) is 6.07 Å². The van der Waals surface area contributed by atoms with Crippen molar-refractivity contribution in [2.24, 2.45) is 0 Å². The Labute approximate surface area is 153 Å². The minimum Gasteiger partial charge on any atom is -0.320 e. The zero-order valence-corrected chi connectivity index (χ0v) is 15.1. The summed E-state index contributed by atoms with van der Waals surface area (Å²) in [6.07, 6.45) is 0. The SMILES string of the molecule is O=C(Nc1ccccc1I)c1sc2c([N+](=O)[O-])cccc2c1Cl. The molecule has 0 aliphatic rings. The second-order valence-corrected chi connectivity index (χ2v) is 7.15. The first-order valence-electron chi connectivity index (χ1n) is 6.40. The maximum atomic E-state index is 12.5. The minimum absolute atomic E-state index is 0.0530. The Kier molecular flexibility index (Phi) is 4.51. The summed E-state index contributed by atoms with van der Waals surface area (Å²) < 4.78 is 1.29. The van der Waals surface area contributed by atoms with Crippen LogP contribution in [0.4, 0.5) is 11.4 Å². The van der Waals surface area contributed by atoms with Crippen molar-refractivity contribution in [1.82, 2.24) is 0 Å². The Hall–Kier alpha value is -1.71. The second kappa shape index (κ2) is 6.42. The number of carbonyl (C=O) groups excluding carboxylic acids is 1. The number of benzene rings is 2. The normalized spacial score (nSPS) is 10.7. The van der Waals surface area contributed by atoms with E-state index < -0.39 is 4.92 Å². The lowest BCUT2D eigenvalue weighted by atomic mass is 10.2. The number of nitrogens with one attached hydrogen (secondary N) is 1. The molecule has 0 bridgehead atoms. The van der Waals surface area contributed by atoms with Gasteiger partial charge in [-0.2, -0.15) is 0 Å². The van der Waals surface area contributed by atoms with E-state index in [1.54, 1.807) is 18.2 Å². The van der Waals surface area contributed by atoms with E-state index in [4.69, 9.17) is 11.6 Å². The number of non-ortho nitro benzene ring substituents is 1. The smallest absolute Gasteiger partial charge is 0.287 e. The Balaban J connectivity index is 2.05. The molecule has 0 saturated heterocycles. The van der Waals surface area contributed by atoms with Crippen molar-refractivity contribution in [1.29, 1.82) is 0 Å². The number of thiophene rings is 1. The number of rotatable bonds is 3. The molecule has 1 aromatic heterocycles. The van der Waals surface area contributed by atoms with Crippen LogP contribution in [0.3, 0.4) is 0 Å². The number of anilines is 1. The number of hydrogen-bond donors (Lipinski definition) is 1. The summed E-state index contributed by atoms with van der Waals surface area (Å²) in [7, 11) is 0. The third kappa shape index (κ3) is 3.04. The van der Waals surface area contributed by atoms with Crippen LogP contribution in [0.2, 0.25) is 5.02 Å². The summed E-state index contributed by atoms with van der Waals surface area (Å²) in [5.41, 5.74) is 0.615. The van der Waals surface area contributed by atoms with Crippen molar-refractivity contribution in [3.63, 3.8) is 0 Å². The van der Waals surface area contributed by atoms with Crippen molar-refractivity contribution < 1.29 is 9.72 Å². The number of nitro benzene ring substituents is 1. The van der Waals surface area contributed by atoms with Crippen molar-refractivity contribution in [3.8, 4) is 0 Å². The molecule has 0 spiro atoms. The molecule has 1 N–H and O–H groups in total. The highest BCUT2D eigenvalue weighted by molar-refractivity contribution is 14.1. The molecule has 3 rings (SSSR count). The molecule has 23 heavy (non-hydrogen) atoms. The van der Waals surface area contributed by atoms with Gasteiger partial charge >= 0.3 is 0 Å². The van der Waals surface area contributed by atoms with Crippen LogP contribution in [0.25, 0.3) is 10.1 Å². The Morgan fingerprint density at radius 2 is 1.96 bits per heavy atom. The molecule has 116 valence electrons. The highest BCUT2D eigenvalue weighted by Crippen LogP contribution is 2.40. The second-order valence-electron chi connectivity index (χ2n) is 4.59. The molecule has 1 heterocycles. The standard InChI is InChI=1S/C15H8ClIN2O3S/c16-12-8-4-3-7-11(19(21)22)13(8)23-14(12)15(20)18-10-6-2-1-5-9(10)17/h1-7H,(H,18,20). The lowest BCUT2D eigenvalue weighted by Gasteiger charge is -2.05. The van der Waals surface area contributed by atoms with Gasteiger partial charge in [0.2, 0.25) is 0 Å². The first-order chi connectivity index (χ1) is 11.0. The maximum Gasteiger partial charge on any atom is 0.287 e. The molecule has 0 saturated carbocycles. The number of hydrogen-bond acceptors (Lipinski definition) is 4. The molecular weight excluding hydrogens is 451 g/mol. The number of nitrogens with zero attached hydrogens (tertiary/aromatic N) is 1. The zero-order valence-electron chi connectivity index (χ0n) is 11.4. The molecule has 0 aliphatic heterocycles. The number of para-hydroxylation sites is 1. The van der Waals surface area contributed by atoms with Crippen LogP contribution in [-0.2, 0) is 0 Å². The van der Waals surface area contributed by atoms with Gasteiger partial charge in [0.25, 0.3) is 11.6 Å². The third-order valence-corrected chi connectivity index (χ3v) is 5.83. The van der Waals surface area contributed by atoms with Crippen LogP contribution >= 0.6 is 45.5 Å². The minimum atomic E-state index is -0.475. The number of nitro groups is 1. The number of amides is 1. The highest BCUT2D eigenvalue weighted by atomic mass is 127. The summed E-state index contributed by atoms with van der Waals surface area (Å²) >= 11 is 9.40. The van der Waals surface area contributed by atoms with Gasteiger partial charge in [0.15, 0.2) is 0 Å². The van der Waals surface area contributed by atoms with Crippen molar-refractivity contribution >= 4 is 72.9 Å². The number of fused-ring (bicyclic) bond motifs is 1. The fraction of sp³-hybridized carbons (Fsp3) is 0. The molecule has 8 heteroatoms. The molecular formula is C15H8ClIN2O3S. The molecule has 0 fully saturated rings. The van der Waals surface area contributed by atoms with E-state index in [-0.39, 0.29) is 21.5 Å². The van der Waals surface area contributed by atoms with Gasteiger partial charge in [-0.05, 0) is 34.7 Å². The molecule has 2 aromatic carbocycles. The van der Waals surface area contributed by atoms with Crippen LogP contribution < -0.4 is 5.32 Å². The van der Waals surface area contributed by atoms with Crippen LogP contribution in [-0.4, -0.2) is 10.8 Å². The molecule has 0 aliphatic carbocycles. The lowest BCUT2D eigenvalue weighted by molar-refractivity contribution is -0.382. The molecule has 1 amide bonds. The van der Waals surface area contributed by atoms with E-state index in [1.807, 2.05) is 18.2 Å². The molecule has 0 atom stereocenters.